The Bertz CT molecular complexity index is 716. The molecule has 0 saturated carbocycles. The summed E-state index contributed by atoms with van der Waals surface area (Å²) >= 11 is 1.33. The number of hydrogen-bond donors (Lipinski definition) is 0. The summed E-state index contributed by atoms with van der Waals surface area (Å²) in [6.45, 7) is 3.95. The van der Waals surface area contributed by atoms with Gasteiger partial charge in [0.1, 0.15) is 5.25 Å². The molecule has 0 N–H and O–H groups in total. The van der Waals surface area contributed by atoms with Crippen LogP contribution in [0.15, 0.2) is 41.4 Å². The molecular formula is C18H20N2O3S. The van der Waals surface area contributed by atoms with Gasteiger partial charge in [-0.05, 0) is 18.6 Å². The Hall–Kier alpha value is -2.08. The Morgan fingerprint density at radius 2 is 1.88 bits per heavy atom. The summed E-state index contributed by atoms with van der Waals surface area (Å²) in [7, 11) is 1.54. The van der Waals surface area contributed by atoms with Gasteiger partial charge in [0.05, 0.1) is 10.9 Å². The third-order valence-electron chi connectivity index (χ3n) is 4.62. The van der Waals surface area contributed by atoms with Crippen LogP contribution in [0.5, 0.6) is 0 Å². The minimum absolute atomic E-state index is 0.0633. The number of benzene rings is 1. The molecular weight excluding hydrogens is 324 g/mol. The molecule has 3 atom stereocenters. The SMILES string of the molecule is CCN(C(C)=O)C1=C[C@@H](c2ccccc2)[C@H]2C(=O)N(C)C(=O)[C@H]2S1. The van der Waals surface area contributed by atoms with Gasteiger partial charge in [-0.3, -0.25) is 19.3 Å². The van der Waals surface area contributed by atoms with Crippen molar-refractivity contribution in [3.63, 3.8) is 0 Å². The predicted octanol–water partition coefficient (Wildman–Crippen LogP) is 2.21. The fraction of sp³-hybridized carbons (Fsp3) is 0.389. The van der Waals surface area contributed by atoms with Crippen LogP contribution in [0.3, 0.4) is 0 Å². The van der Waals surface area contributed by atoms with Crippen molar-refractivity contribution in [2.45, 2.75) is 25.0 Å². The van der Waals surface area contributed by atoms with Gasteiger partial charge < -0.3 is 4.90 Å². The minimum atomic E-state index is -0.471. The molecule has 24 heavy (non-hydrogen) atoms. The van der Waals surface area contributed by atoms with Crippen LogP contribution in [-0.2, 0) is 14.4 Å². The van der Waals surface area contributed by atoms with Crippen molar-refractivity contribution in [2.75, 3.05) is 13.6 Å². The Balaban J connectivity index is 2.09. The summed E-state index contributed by atoms with van der Waals surface area (Å²) in [5.41, 5.74) is 0.987. The lowest BCUT2D eigenvalue weighted by Gasteiger charge is -2.33. The molecule has 0 bridgehead atoms. The zero-order chi connectivity index (χ0) is 17.4. The zero-order valence-electron chi connectivity index (χ0n) is 13.9. The van der Waals surface area contributed by atoms with Gasteiger partial charge in [-0.1, -0.05) is 42.1 Å². The highest BCUT2D eigenvalue weighted by atomic mass is 32.2. The van der Waals surface area contributed by atoms with Crippen LogP contribution >= 0.6 is 11.8 Å². The first kappa shape index (κ1) is 16.8. The lowest BCUT2D eigenvalue weighted by Crippen LogP contribution is -2.35. The van der Waals surface area contributed by atoms with Crippen molar-refractivity contribution in [1.82, 2.24) is 9.80 Å². The molecule has 0 unspecified atom stereocenters. The van der Waals surface area contributed by atoms with Crippen LogP contribution < -0.4 is 0 Å². The summed E-state index contributed by atoms with van der Waals surface area (Å²) < 4.78 is 0. The topological polar surface area (TPSA) is 57.7 Å². The molecule has 1 aromatic carbocycles. The summed E-state index contributed by atoms with van der Waals surface area (Å²) in [6.07, 6.45) is 1.97. The molecule has 2 heterocycles. The Kier molecular flexibility index (Phi) is 4.49. The van der Waals surface area contributed by atoms with Crippen LogP contribution in [0, 0.1) is 5.92 Å². The minimum Gasteiger partial charge on any atom is -0.308 e. The first-order valence-electron chi connectivity index (χ1n) is 7.98. The van der Waals surface area contributed by atoms with E-state index in [4.69, 9.17) is 0 Å². The first-order chi connectivity index (χ1) is 11.5. The number of likely N-dealkylation sites (tertiary alicyclic amines) is 1. The highest BCUT2D eigenvalue weighted by Gasteiger charge is 2.52. The average Bonchev–Trinajstić information content (AvgIpc) is 2.80. The smallest absolute Gasteiger partial charge is 0.243 e. The molecule has 5 nitrogen and oxygen atoms in total. The highest BCUT2D eigenvalue weighted by molar-refractivity contribution is 8.04. The molecule has 3 amide bonds. The number of carbonyl (C=O) groups is 3. The van der Waals surface area contributed by atoms with E-state index in [0.29, 0.717) is 6.54 Å². The van der Waals surface area contributed by atoms with Gasteiger partial charge in [0.2, 0.25) is 17.7 Å². The molecule has 6 heteroatoms. The molecule has 0 spiro atoms. The molecule has 126 valence electrons. The number of carbonyl (C=O) groups excluding carboxylic acids is 3. The van der Waals surface area contributed by atoms with E-state index in [9.17, 15) is 14.4 Å². The number of fused-ring (bicyclic) bond motifs is 1. The molecule has 2 aliphatic heterocycles. The van der Waals surface area contributed by atoms with E-state index in [2.05, 4.69) is 0 Å². The fourth-order valence-electron chi connectivity index (χ4n) is 3.36. The molecule has 2 aliphatic rings. The zero-order valence-corrected chi connectivity index (χ0v) is 14.7. The standard InChI is InChI=1S/C18H20N2O3S/c1-4-20(11(2)21)14-10-13(12-8-6-5-7-9-12)15-16(24-14)18(23)19(3)17(15)22/h5-10,13,15-16H,4H2,1-3H3/t13-,15+,16-/m0/s1. The van der Waals surface area contributed by atoms with Crippen molar-refractivity contribution in [1.29, 1.82) is 0 Å². The number of imide groups is 1. The van der Waals surface area contributed by atoms with E-state index in [1.54, 1.807) is 4.90 Å². The highest BCUT2D eigenvalue weighted by Crippen LogP contribution is 2.48. The summed E-state index contributed by atoms with van der Waals surface area (Å²) in [4.78, 5) is 39.9. The van der Waals surface area contributed by atoms with Gasteiger partial charge in [0, 0.05) is 26.4 Å². The summed E-state index contributed by atoms with van der Waals surface area (Å²) in [5.74, 6) is -1.01. The third kappa shape index (κ3) is 2.65. The van der Waals surface area contributed by atoms with E-state index < -0.39 is 11.2 Å². The normalized spacial score (nSPS) is 26.2. The van der Waals surface area contributed by atoms with E-state index in [1.807, 2.05) is 43.3 Å². The molecule has 3 rings (SSSR count). The maximum atomic E-state index is 12.6. The number of hydrogen-bond acceptors (Lipinski definition) is 4. The van der Waals surface area contributed by atoms with E-state index in [-0.39, 0.29) is 23.6 Å². The Morgan fingerprint density at radius 3 is 2.46 bits per heavy atom. The summed E-state index contributed by atoms with van der Waals surface area (Å²) in [5, 5.41) is 0.289. The quantitative estimate of drug-likeness (QED) is 0.789. The third-order valence-corrected chi connectivity index (χ3v) is 5.97. The van der Waals surface area contributed by atoms with Gasteiger partial charge in [-0.15, -0.1) is 0 Å². The van der Waals surface area contributed by atoms with Gasteiger partial charge in [0.15, 0.2) is 0 Å². The van der Waals surface area contributed by atoms with E-state index in [0.717, 1.165) is 10.6 Å². The molecule has 1 saturated heterocycles. The maximum Gasteiger partial charge on any atom is 0.243 e. The number of thioether (sulfide) groups is 1. The van der Waals surface area contributed by atoms with Crippen LogP contribution in [0.1, 0.15) is 25.3 Å². The largest absolute Gasteiger partial charge is 0.308 e. The molecule has 0 aliphatic carbocycles. The van der Waals surface area contributed by atoms with Crippen molar-refractivity contribution in [2.24, 2.45) is 5.92 Å². The molecule has 1 aromatic rings. The van der Waals surface area contributed by atoms with Crippen LogP contribution in [0.25, 0.3) is 0 Å². The predicted molar refractivity (Wildman–Crippen MR) is 93.0 cm³/mol. The second kappa shape index (κ2) is 6.43. The fourth-order valence-corrected chi connectivity index (χ4v) is 4.93. The van der Waals surface area contributed by atoms with Crippen LogP contribution in [0.2, 0.25) is 0 Å². The lowest BCUT2D eigenvalue weighted by molar-refractivity contribution is -0.137. The van der Waals surface area contributed by atoms with Gasteiger partial charge in [-0.2, -0.15) is 0 Å². The van der Waals surface area contributed by atoms with E-state index >= 15 is 0 Å². The molecule has 0 radical (unpaired) electrons. The molecule has 0 aromatic heterocycles. The van der Waals surface area contributed by atoms with Crippen LogP contribution in [-0.4, -0.2) is 46.4 Å². The lowest BCUT2D eigenvalue weighted by atomic mass is 9.84. The first-order valence-corrected chi connectivity index (χ1v) is 8.86. The number of allylic oxidation sites excluding steroid dienone is 1. The van der Waals surface area contributed by atoms with Crippen molar-refractivity contribution in [3.05, 3.63) is 47.0 Å². The van der Waals surface area contributed by atoms with Crippen molar-refractivity contribution < 1.29 is 14.4 Å². The van der Waals surface area contributed by atoms with Crippen LogP contribution in [0.4, 0.5) is 0 Å². The molecule has 1 fully saturated rings. The second-order valence-corrected chi connectivity index (χ2v) is 7.17. The summed E-state index contributed by atoms with van der Waals surface area (Å²) in [6, 6.07) is 9.70. The monoisotopic (exact) mass is 344 g/mol. The number of rotatable bonds is 3. The van der Waals surface area contributed by atoms with E-state index in [1.165, 1.54) is 30.6 Å². The van der Waals surface area contributed by atoms with Gasteiger partial charge in [0.25, 0.3) is 0 Å². The Morgan fingerprint density at radius 1 is 1.21 bits per heavy atom. The number of nitrogens with zero attached hydrogens (tertiary/aromatic N) is 2. The average molecular weight is 344 g/mol. The van der Waals surface area contributed by atoms with Crippen molar-refractivity contribution >= 4 is 29.5 Å². The van der Waals surface area contributed by atoms with Gasteiger partial charge in [-0.25, -0.2) is 0 Å². The Labute approximate surface area is 145 Å². The van der Waals surface area contributed by atoms with Gasteiger partial charge >= 0.3 is 0 Å². The number of amides is 3. The van der Waals surface area contributed by atoms with Crippen molar-refractivity contribution in [3.8, 4) is 0 Å². The maximum absolute atomic E-state index is 12.6. The second-order valence-electron chi connectivity index (χ2n) is 6.00.